The van der Waals surface area contributed by atoms with E-state index in [0.717, 1.165) is 12.0 Å². The molecule has 112 valence electrons. The Morgan fingerprint density at radius 2 is 1.48 bits per heavy atom. The smallest absolute Gasteiger partial charge is 0.395 e. The summed E-state index contributed by atoms with van der Waals surface area (Å²) in [6.45, 7) is 4.28. The van der Waals surface area contributed by atoms with E-state index in [1.54, 1.807) is 42.5 Å². The van der Waals surface area contributed by atoms with Crippen LogP contribution < -0.4 is 9.05 Å². The summed E-state index contributed by atoms with van der Waals surface area (Å²) in [5.41, 5.74) is 1.16. The van der Waals surface area contributed by atoms with E-state index in [1.165, 1.54) is 0 Å². The van der Waals surface area contributed by atoms with Gasteiger partial charge < -0.3 is 9.05 Å². The first-order valence-electron chi connectivity index (χ1n) is 6.80. The molecule has 21 heavy (non-hydrogen) atoms. The normalized spacial score (nSPS) is 13.7. The zero-order valence-corrected chi connectivity index (χ0v) is 13.0. The standard InChI is InChI=1S/C16H19O4P/c1-13(2)12-14-8-10-16(11-9-14)20-21(17,18)19-15-6-4-3-5-7-15/h3-11,13H,12H2,1-2H3,(H,17,18). The number of hydrogen-bond donors (Lipinski definition) is 1. The Morgan fingerprint density at radius 3 is 2.00 bits per heavy atom. The molecular weight excluding hydrogens is 287 g/mol. The molecular formula is C16H19O4P. The van der Waals surface area contributed by atoms with Gasteiger partial charge in [-0.3, -0.25) is 4.89 Å². The van der Waals surface area contributed by atoms with Crippen molar-refractivity contribution in [1.29, 1.82) is 0 Å². The molecule has 0 saturated heterocycles. The van der Waals surface area contributed by atoms with E-state index >= 15 is 0 Å². The first kappa shape index (κ1) is 15.6. The van der Waals surface area contributed by atoms with Crippen LogP contribution >= 0.6 is 7.82 Å². The molecule has 0 aliphatic rings. The van der Waals surface area contributed by atoms with Crippen molar-refractivity contribution in [2.45, 2.75) is 20.3 Å². The molecule has 0 aliphatic carbocycles. The summed E-state index contributed by atoms with van der Waals surface area (Å²) in [6, 6.07) is 15.5. The maximum absolute atomic E-state index is 11.9. The molecule has 1 N–H and O–H groups in total. The van der Waals surface area contributed by atoms with Crippen LogP contribution in [0.5, 0.6) is 11.5 Å². The van der Waals surface area contributed by atoms with Crippen molar-refractivity contribution in [3.8, 4) is 11.5 Å². The lowest BCUT2D eigenvalue weighted by Gasteiger charge is -2.14. The molecule has 4 nitrogen and oxygen atoms in total. The van der Waals surface area contributed by atoms with Crippen LogP contribution in [0.2, 0.25) is 0 Å². The molecule has 0 aromatic heterocycles. The number of rotatable bonds is 6. The van der Waals surface area contributed by atoms with Gasteiger partial charge in [0.25, 0.3) is 0 Å². The second-order valence-electron chi connectivity index (χ2n) is 5.21. The quantitative estimate of drug-likeness (QED) is 0.801. The van der Waals surface area contributed by atoms with Crippen LogP contribution in [0.3, 0.4) is 0 Å². The first-order chi connectivity index (χ1) is 9.94. The Bertz CT molecular complexity index is 608. The fraction of sp³-hybridized carbons (Fsp3) is 0.250. The zero-order chi connectivity index (χ0) is 15.3. The first-order valence-corrected chi connectivity index (χ1v) is 8.30. The van der Waals surface area contributed by atoms with Gasteiger partial charge in [-0.1, -0.05) is 44.2 Å². The summed E-state index contributed by atoms with van der Waals surface area (Å²) in [6.07, 6.45) is 0.956. The molecule has 0 aliphatic heterocycles. The van der Waals surface area contributed by atoms with E-state index in [1.807, 2.05) is 12.1 Å². The van der Waals surface area contributed by atoms with Gasteiger partial charge >= 0.3 is 7.82 Å². The molecule has 0 spiro atoms. The lowest BCUT2D eigenvalue weighted by Crippen LogP contribution is -2.00. The number of benzene rings is 2. The second kappa shape index (κ2) is 6.79. The third-order valence-electron chi connectivity index (χ3n) is 2.75. The number of para-hydroxylation sites is 1. The minimum Gasteiger partial charge on any atom is -0.395 e. The number of phosphoric ester groups is 1. The lowest BCUT2D eigenvalue weighted by atomic mass is 10.0. The van der Waals surface area contributed by atoms with Crippen molar-refractivity contribution in [1.82, 2.24) is 0 Å². The molecule has 1 unspecified atom stereocenters. The van der Waals surface area contributed by atoms with Crippen molar-refractivity contribution >= 4 is 7.82 Å². The summed E-state index contributed by atoms with van der Waals surface area (Å²) < 4.78 is 22.0. The number of hydrogen-bond acceptors (Lipinski definition) is 3. The average molecular weight is 306 g/mol. The van der Waals surface area contributed by atoms with Gasteiger partial charge in [-0.15, -0.1) is 0 Å². The topological polar surface area (TPSA) is 55.8 Å². The third-order valence-corrected chi connectivity index (χ3v) is 3.64. The maximum Gasteiger partial charge on any atom is 0.584 e. The maximum atomic E-state index is 11.9. The van der Waals surface area contributed by atoms with Gasteiger partial charge in [-0.25, -0.2) is 4.57 Å². The van der Waals surface area contributed by atoms with Crippen molar-refractivity contribution in [3.63, 3.8) is 0 Å². The summed E-state index contributed by atoms with van der Waals surface area (Å²) >= 11 is 0. The fourth-order valence-corrected chi connectivity index (χ4v) is 2.74. The molecule has 2 aromatic rings. The second-order valence-corrected chi connectivity index (χ2v) is 6.51. The molecule has 5 heteroatoms. The molecule has 0 saturated carbocycles. The van der Waals surface area contributed by atoms with Crippen molar-refractivity contribution < 1.29 is 18.5 Å². The SMILES string of the molecule is CC(C)Cc1ccc(OP(=O)(O)Oc2ccccc2)cc1. The summed E-state index contributed by atoms with van der Waals surface area (Å²) in [5, 5.41) is 0. The Kier molecular flexibility index (Phi) is 5.05. The van der Waals surface area contributed by atoms with Crippen LogP contribution in [0.4, 0.5) is 0 Å². The van der Waals surface area contributed by atoms with Gasteiger partial charge in [0.1, 0.15) is 11.5 Å². The van der Waals surface area contributed by atoms with Crippen LogP contribution in [0.1, 0.15) is 19.4 Å². The van der Waals surface area contributed by atoms with Crippen LogP contribution in [0, 0.1) is 5.92 Å². The van der Waals surface area contributed by atoms with Gasteiger partial charge in [0.15, 0.2) is 0 Å². The lowest BCUT2D eigenvalue weighted by molar-refractivity contribution is 0.291. The highest BCUT2D eigenvalue weighted by molar-refractivity contribution is 7.48. The minimum absolute atomic E-state index is 0.291. The van der Waals surface area contributed by atoms with E-state index < -0.39 is 7.82 Å². The van der Waals surface area contributed by atoms with E-state index in [4.69, 9.17) is 9.05 Å². The summed E-state index contributed by atoms with van der Waals surface area (Å²) in [5.74, 6) is 1.16. The fourth-order valence-electron chi connectivity index (χ4n) is 1.92. The highest BCUT2D eigenvalue weighted by atomic mass is 31.2. The minimum atomic E-state index is -4.18. The predicted octanol–water partition coefficient (Wildman–Crippen LogP) is 4.44. The zero-order valence-electron chi connectivity index (χ0n) is 12.1. The molecule has 1 atom stereocenters. The molecule has 0 radical (unpaired) electrons. The molecule has 0 fully saturated rings. The third kappa shape index (κ3) is 5.25. The highest BCUT2D eigenvalue weighted by Gasteiger charge is 2.24. The Labute approximate surface area is 125 Å². The predicted molar refractivity (Wildman–Crippen MR) is 82.5 cm³/mol. The van der Waals surface area contributed by atoms with Gasteiger partial charge in [0, 0.05) is 0 Å². The molecule has 2 rings (SSSR count). The summed E-state index contributed by atoms with van der Waals surface area (Å²) in [4.78, 5) is 9.75. The van der Waals surface area contributed by atoms with Crippen LogP contribution in [-0.4, -0.2) is 4.89 Å². The van der Waals surface area contributed by atoms with Crippen molar-refractivity contribution in [3.05, 3.63) is 60.2 Å². The van der Waals surface area contributed by atoms with Crippen LogP contribution in [-0.2, 0) is 11.0 Å². The van der Waals surface area contributed by atoms with Gasteiger partial charge in [-0.2, -0.15) is 0 Å². The van der Waals surface area contributed by atoms with Gasteiger partial charge in [-0.05, 0) is 42.2 Å². The Morgan fingerprint density at radius 1 is 0.952 bits per heavy atom. The highest BCUT2D eigenvalue weighted by Crippen LogP contribution is 2.44. The van der Waals surface area contributed by atoms with Crippen molar-refractivity contribution in [2.75, 3.05) is 0 Å². The van der Waals surface area contributed by atoms with E-state index in [-0.39, 0.29) is 0 Å². The number of phosphoric acid groups is 1. The Balaban J connectivity index is 2.01. The molecule has 0 amide bonds. The molecule has 0 heterocycles. The van der Waals surface area contributed by atoms with Crippen LogP contribution in [0.15, 0.2) is 54.6 Å². The van der Waals surface area contributed by atoms with Gasteiger partial charge in [0.05, 0.1) is 0 Å². The average Bonchev–Trinajstić information content (AvgIpc) is 2.40. The Hall–Kier alpha value is -1.77. The van der Waals surface area contributed by atoms with Gasteiger partial charge in [0.2, 0.25) is 0 Å². The van der Waals surface area contributed by atoms with E-state index in [2.05, 4.69) is 13.8 Å². The van der Waals surface area contributed by atoms with E-state index in [9.17, 15) is 9.46 Å². The van der Waals surface area contributed by atoms with Crippen molar-refractivity contribution in [2.24, 2.45) is 5.92 Å². The van der Waals surface area contributed by atoms with Crippen LogP contribution in [0.25, 0.3) is 0 Å². The summed E-state index contributed by atoms with van der Waals surface area (Å²) in [7, 11) is -4.18. The largest absolute Gasteiger partial charge is 0.584 e. The monoisotopic (exact) mass is 306 g/mol. The van der Waals surface area contributed by atoms with E-state index in [0.29, 0.717) is 17.4 Å². The molecule has 2 aromatic carbocycles. The molecule has 0 bridgehead atoms.